The molecule has 0 amide bonds. The smallest absolute Gasteiger partial charge is 0.129 e. The third-order valence-electron chi connectivity index (χ3n) is 1.98. The van der Waals surface area contributed by atoms with Crippen LogP contribution < -0.4 is 5.32 Å². The van der Waals surface area contributed by atoms with Crippen molar-refractivity contribution in [2.75, 3.05) is 11.9 Å². The second-order valence-corrected chi connectivity index (χ2v) is 4.78. The van der Waals surface area contributed by atoms with Crippen LogP contribution in [0.1, 0.15) is 32.9 Å². The molecular weight excluding hydrogens is 174 g/mol. The Hall–Kier alpha value is -1.12. The van der Waals surface area contributed by atoms with Gasteiger partial charge in [0.15, 0.2) is 0 Å². The molecule has 0 saturated heterocycles. The average molecular weight is 193 g/mol. The molecule has 0 spiro atoms. The van der Waals surface area contributed by atoms with E-state index in [1.807, 2.05) is 13.0 Å². The molecule has 3 nitrogen and oxygen atoms in total. The highest BCUT2D eigenvalue weighted by Crippen LogP contribution is 2.18. The lowest BCUT2D eigenvalue weighted by molar-refractivity contribution is 0.389. The van der Waals surface area contributed by atoms with Gasteiger partial charge in [0.2, 0.25) is 0 Å². The van der Waals surface area contributed by atoms with Crippen LogP contribution in [0.15, 0.2) is 12.4 Å². The molecule has 0 radical (unpaired) electrons. The minimum atomic E-state index is 0.370. The standard InChI is InChI=1S/C11H19N3/c1-9-7-10(14-8-13-9)12-6-5-11(2,3)4/h7-8H,5-6H2,1-4H3,(H,12,13,14). The summed E-state index contributed by atoms with van der Waals surface area (Å²) in [5, 5.41) is 3.29. The maximum atomic E-state index is 4.14. The van der Waals surface area contributed by atoms with Gasteiger partial charge in [-0.2, -0.15) is 0 Å². The van der Waals surface area contributed by atoms with Gasteiger partial charge in [0.25, 0.3) is 0 Å². The Kier molecular flexibility index (Phi) is 3.44. The van der Waals surface area contributed by atoms with Gasteiger partial charge in [0.1, 0.15) is 12.1 Å². The van der Waals surface area contributed by atoms with Crippen molar-refractivity contribution in [3.8, 4) is 0 Å². The summed E-state index contributed by atoms with van der Waals surface area (Å²) < 4.78 is 0. The summed E-state index contributed by atoms with van der Waals surface area (Å²) in [4.78, 5) is 8.18. The van der Waals surface area contributed by atoms with Crippen LogP contribution in [0.5, 0.6) is 0 Å². The third-order valence-corrected chi connectivity index (χ3v) is 1.98. The van der Waals surface area contributed by atoms with Crippen LogP contribution in [0.4, 0.5) is 5.82 Å². The van der Waals surface area contributed by atoms with E-state index < -0.39 is 0 Å². The first-order chi connectivity index (χ1) is 6.47. The van der Waals surface area contributed by atoms with Crippen LogP contribution in [0, 0.1) is 12.3 Å². The molecule has 78 valence electrons. The van der Waals surface area contributed by atoms with Gasteiger partial charge < -0.3 is 5.32 Å². The molecule has 0 saturated carbocycles. The second-order valence-electron chi connectivity index (χ2n) is 4.78. The van der Waals surface area contributed by atoms with Gasteiger partial charge in [-0.05, 0) is 18.8 Å². The molecule has 0 aromatic carbocycles. The molecule has 14 heavy (non-hydrogen) atoms. The Balaban J connectivity index is 2.39. The number of aromatic nitrogens is 2. The van der Waals surface area contributed by atoms with Gasteiger partial charge in [0, 0.05) is 18.3 Å². The van der Waals surface area contributed by atoms with E-state index in [0.717, 1.165) is 24.5 Å². The van der Waals surface area contributed by atoms with E-state index in [1.54, 1.807) is 6.33 Å². The zero-order valence-electron chi connectivity index (χ0n) is 9.46. The van der Waals surface area contributed by atoms with Crippen LogP contribution in [-0.2, 0) is 0 Å². The first-order valence-corrected chi connectivity index (χ1v) is 5.00. The third kappa shape index (κ3) is 4.21. The van der Waals surface area contributed by atoms with Crippen molar-refractivity contribution in [3.05, 3.63) is 18.1 Å². The summed E-state index contributed by atoms with van der Waals surface area (Å²) in [6.45, 7) is 9.64. The number of hydrogen-bond donors (Lipinski definition) is 1. The molecule has 0 aliphatic heterocycles. The van der Waals surface area contributed by atoms with E-state index in [4.69, 9.17) is 0 Å². The maximum Gasteiger partial charge on any atom is 0.129 e. The molecule has 0 unspecified atom stereocenters. The minimum Gasteiger partial charge on any atom is -0.370 e. The predicted molar refractivity (Wildman–Crippen MR) is 59.3 cm³/mol. The molecule has 1 rings (SSSR count). The van der Waals surface area contributed by atoms with Gasteiger partial charge in [0.05, 0.1) is 0 Å². The quantitative estimate of drug-likeness (QED) is 0.802. The summed E-state index contributed by atoms with van der Waals surface area (Å²) in [5.74, 6) is 0.918. The number of anilines is 1. The summed E-state index contributed by atoms with van der Waals surface area (Å²) in [6, 6.07) is 1.96. The van der Waals surface area contributed by atoms with Crippen LogP contribution in [0.2, 0.25) is 0 Å². The van der Waals surface area contributed by atoms with Crippen LogP contribution in [0.25, 0.3) is 0 Å². The zero-order valence-corrected chi connectivity index (χ0v) is 9.46. The fourth-order valence-electron chi connectivity index (χ4n) is 1.12. The summed E-state index contributed by atoms with van der Waals surface area (Å²) >= 11 is 0. The normalized spacial score (nSPS) is 11.4. The van der Waals surface area contributed by atoms with Crippen LogP contribution in [0.3, 0.4) is 0 Å². The lowest BCUT2D eigenvalue weighted by atomic mass is 9.92. The lowest BCUT2D eigenvalue weighted by Crippen LogP contribution is -2.13. The first kappa shape index (κ1) is 11.0. The minimum absolute atomic E-state index is 0.370. The number of nitrogens with one attached hydrogen (secondary N) is 1. The Morgan fingerprint density at radius 3 is 2.57 bits per heavy atom. The molecule has 0 fully saturated rings. The fraction of sp³-hybridized carbons (Fsp3) is 0.636. The predicted octanol–water partition coefficient (Wildman–Crippen LogP) is 2.63. The average Bonchev–Trinajstić information content (AvgIpc) is 2.01. The number of aryl methyl sites for hydroxylation is 1. The monoisotopic (exact) mass is 193 g/mol. The molecule has 1 N–H and O–H groups in total. The molecule has 0 atom stereocenters. The Morgan fingerprint density at radius 1 is 1.29 bits per heavy atom. The molecule has 0 aliphatic carbocycles. The molecule has 0 bridgehead atoms. The van der Waals surface area contributed by atoms with Crippen LogP contribution in [-0.4, -0.2) is 16.5 Å². The molecule has 0 aliphatic rings. The van der Waals surface area contributed by atoms with Gasteiger partial charge in [-0.15, -0.1) is 0 Å². The summed E-state index contributed by atoms with van der Waals surface area (Å²) in [6.07, 6.45) is 2.73. The number of hydrogen-bond acceptors (Lipinski definition) is 3. The van der Waals surface area contributed by atoms with Crippen molar-refractivity contribution in [2.45, 2.75) is 34.1 Å². The van der Waals surface area contributed by atoms with E-state index in [1.165, 1.54) is 0 Å². The van der Waals surface area contributed by atoms with Crippen molar-refractivity contribution < 1.29 is 0 Å². The van der Waals surface area contributed by atoms with Gasteiger partial charge >= 0.3 is 0 Å². The summed E-state index contributed by atoms with van der Waals surface area (Å²) in [7, 11) is 0. The summed E-state index contributed by atoms with van der Waals surface area (Å²) in [5.41, 5.74) is 1.37. The van der Waals surface area contributed by atoms with Gasteiger partial charge in [-0.25, -0.2) is 9.97 Å². The van der Waals surface area contributed by atoms with Crippen molar-refractivity contribution >= 4 is 5.82 Å². The molecule has 3 heteroatoms. The largest absolute Gasteiger partial charge is 0.370 e. The first-order valence-electron chi connectivity index (χ1n) is 5.00. The van der Waals surface area contributed by atoms with Gasteiger partial charge in [-0.1, -0.05) is 20.8 Å². The number of nitrogens with zero attached hydrogens (tertiary/aromatic N) is 2. The lowest BCUT2D eigenvalue weighted by Gasteiger charge is -2.18. The zero-order chi connectivity index (χ0) is 10.6. The van der Waals surface area contributed by atoms with Gasteiger partial charge in [-0.3, -0.25) is 0 Å². The fourth-order valence-corrected chi connectivity index (χ4v) is 1.12. The van der Waals surface area contributed by atoms with Crippen molar-refractivity contribution in [1.29, 1.82) is 0 Å². The Morgan fingerprint density at radius 2 is 2.00 bits per heavy atom. The van der Waals surface area contributed by atoms with Crippen molar-refractivity contribution in [1.82, 2.24) is 9.97 Å². The second kappa shape index (κ2) is 4.40. The maximum absolute atomic E-state index is 4.14. The van der Waals surface area contributed by atoms with E-state index in [9.17, 15) is 0 Å². The molecule has 1 heterocycles. The van der Waals surface area contributed by atoms with E-state index in [2.05, 4.69) is 36.1 Å². The highest BCUT2D eigenvalue weighted by molar-refractivity contribution is 5.34. The molecular formula is C11H19N3. The van der Waals surface area contributed by atoms with Crippen LogP contribution >= 0.6 is 0 Å². The van der Waals surface area contributed by atoms with Crippen molar-refractivity contribution in [2.24, 2.45) is 5.41 Å². The topological polar surface area (TPSA) is 37.8 Å². The van der Waals surface area contributed by atoms with Crippen molar-refractivity contribution in [3.63, 3.8) is 0 Å². The molecule has 1 aromatic rings. The van der Waals surface area contributed by atoms with E-state index in [0.29, 0.717) is 5.41 Å². The Labute approximate surface area is 86.0 Å². The SMILES string of the molecule is Cc1cc(NCCC(C)(C)C)ncn1. The highest BCUT2D eigenvalue weighted by atomic mass is 15.0. The van der Waals surface area contributed by atoms with E-state index >= 15 is 0 Å². The van der Waals surface area contributed by atoms with E-state index in [-0.39, 0.29) is 0 Å². The molecule has 1 aromatic heterocycles. The highest BCUT2D eigenvalue weighted by Gasteiger charge is 2.08. The number of rotatable bonds is 3. The Bertz CT molecular complexity index is 289.